The molecule has 21 heavy (non-hydrogen) atoms. The lowest BCUT2D eigenvalue weighted by atomic mass is 9.81. The lowest BCUT2D eigenvalue weighted by molar-refractivity contribution is -0.0328. The fourth-order valence-corrected chi connectivity index (χ4v) is 3.21. The minimum Gasteiger partial charge on any atom is -0.381 e. The Hall–Kier alpha value is -0.120. The van der Waals surface area contributed by atoms with E-state index in [-0.39, 0.29) is 0 Å². The van der Waals surface area contributed by atoms with Gasteiger partial charge in [0.15, 0.2) is 0 Å². The molecule has 3 heteroatoms. The summed E-state index contributed by atoms with van der Waals surface area (Å²) in [4.78, 5) is 2.65. The quantitative estimate of drug-likeness (QED) is 0.706. The van der Waals surface area contributed by atoms with Crippen molar-refractivity contribution < 1.29 is 4.74 Å². The van der Waals surface area contributed by atoms with E-state index in [1.54, 1.807) is 0 Å². The van der Waals surface area contributed by atoms with Crippen molar-refractivity contribution in [1.29, 1.82) is 0 Å². The number of rotatable bonds is 9. The van der Waals surface area contributed by atoms with Gasteiger partial charge in [-0.15, -0.1) is 0 Å². The molecule has 0 aliphatic carbocycles. The number of hydrogen-bond donors (Lipinski definition) is 1. The van der Waals surface area contributed by atoms with Crippen molar-refractivity contribution in [2.45, 2.75) is 60.4 Å². The van der Waals surface area contributed by atoms with Crippen LogP contribution in [0.1, 0.15) is 54.4 Å². The summed E-state index contributed by atoms with van der Waals surface area (Å²) in [7, 11) is 0. The molecule has 1 N–H and O–H groups in total. The zero-order valence-corrected chi connectivity index (χ0v) is 15.2. The van der Waals surface area contributed by atoms with E-state index in [1.807, 2.05) is 0 Å². The summed E-state index contributed by atoms with van der Waals surface area (Å²) in [5, 5.41) is 3.69. The van der Waals surface area contributed by atoms with Crippen LogP contribution in [0.5, 0.6) is 0 Å². The van der Waals surface area contributed by atoms with Crippen LogP contribution in [-0.4, -0.2) is 50.3 Å². The Morgan fingerprint density at radius 2 is 1.81 bits per heavy atom. The third-order valence-corrected chi connectivity index (χ3v) is 4.33. The Labute approximate surface area is 132 Å². The lowest BCUT2D eigenvalue weighted by Crippen LogP contribution is -2.51. The first-order valence-corrected chi connectivity index (χ1v) is 8.87. The highest BCUT2D eigenvalue weighted by Crippen LogP contribution is 2.30. The van der Waals surface area contributed by atoms with Crippen molar-refractivity contribution in [3.63, 3.8) is 0 Å². The molecule has 1 atom stereocenters. The second kappa shape index (κ2) is 9.12. The van der Waals surface area contributed by atoms with Gasteiger partial charge in [0.2, 0.25) is 0 Å². The third-order valence-electron chi connectivity index (χ3n) is 4.33. The van der Waals surface area contributed by atoms with Crippen LogP contribution in [0.15, 0.2) is 0 Å². The number of ether oxygens (including phenoxy) is 1. The van der Waals surface area contributed by atoms with Gasteiger partial charge in [-0.2, -0.15) is 0 Å². The molecule has 1 saturated heterocycles. The van der Waals surface area contributed by atoms with Crippen molar-refractivity contribution in [3.05, 3.63) is 0 Å². The van der Waals surface area contributed by atoms with Crippen molar-refractivity contribution >= 4 is 0 Å². The maximum atomic E-state index is 5.86. The van der Waals surface area contributed by atoms with Crippen LogP contribution in [0.25, 0.3) is 0 Å². The minimum absolute atomic E-state index is 0.298. The van der Waals surface area contributed by atoms with Crippen molar-refractivity contribution in [2.75, 3.05) is 39.4 Å². The predicted octanol–water partition coefficient (Wildman–Crippen LogP) is 3.40. The number of nitrogens with zero attached hydrogens (tertiary/aromatic N) is 1. The zero-order chi connectivity index (χ0) is 15.9. The molecule has 1 unspecified atom stereocenters. The van der Waals surface area contributed by atoms with E-state index in [0.717, 1.165) is 38.8 Å². The monoisotopic (exact) mass is 298 g/mol. The molecule has 0 aromatic carbocycles. The average molecular weight is 299 g/mol. The Kier molecular flexibility index (Phi) is 8.22. The molecule has 1 aliphatic heterocycles. The molecular formula is C18H38N2O. The van der Waals surface area contributed by atoms with Gasteiger partial charge in [-0.1, -0.05) is 27.7 Å². The van der Waals surface area contributed by atoms with E-state index in [0.29, 0.717) is 17.4 Å². The molecule has 1 heterocycles. The Morgan fingerprint density at radius 1 is 1.10 bits per heavy atom. The molecule has 0 aromatic heterocycles. The molecule has 1 aliphatic rings. The van der Waals surface area contributed by atoms with Gasteiger partial charge in [0.05, 0.1) is 6.61 Å². The van der Waals surface area contributed by atoms with E-state index >= 15 is 0 Å². The van der Waals surface area contributed by atoms with Gasteiger partial charge in [0, 0.05) is 37.7 Å². The van der Waals surface area contributed by atoms with Gasteiger partial charge in [0.25, 0.3) is 0 Å². The molecule has 0 amide bonds. The lowest BCUT2D eigenvalue weighted by Gasteiger charge is -2.43. The number of hydrogen-bond acceptors (Lipinski definition) is 3. The molecular weight excluding hydrogens is 260 g/mol. The maximum Gasteiger partial charge on any atom is 0.0546 e. The highest BCUT2D eigenvalue weighted by molar-refractivity contribution is 4.88. The second-order valence-corrected chi connectivity index (χ2v) is 8.10. The third kappa shape index (κ3) is 7.12. The van der Waals surface area contributed by atoms with Crippen LogP contribution in [0.2, 0.25) is 0 Å². The fourth-order valence-electron chi connectivity index (χ4n) is 3.21. The SMILES string of the molecule is CC(C)CNCC1(CN(CC(C)C)C(C)C)CCCOC1. The van der Waals surface area contributed by atoms with Gasteiger partial charge in [-0.3, -0.25) is 4.90 Å². The molecule has 3 nitrogen and oxygen atoms in total. The summed E-state index contributed by atoms with van der Waals surface area (Å²) < 4.78 is 5.86. The first-order valence-electron chi connectivity index (χ1n) is 8.87. The van der Waals surface area contributed by atoms with Gasteiger partial charge in [0.1, 0.15) is 0 Å². The maximum absolute atomic E-state index is 5.86. The molecule has 1 rings (SSSR count). The Morgan fingerprint density at radius 3 is 2.29 bits per heavy atom. The van der Waals surface area contributed by atoms with Gasteiger partial charge >= 0.3 is 0 Å². The smallest absolute Gasteiger partial charge is 0.0546 e. The highest BCUT2D eigenvalue weighted by atomic mass is 16.5. The van der Waals surface area contributed by atoms with Gasteiger partial charge in [-0.05, 0) is 45.1 Å². The molecule has 0 spiro atoms. The summed E-state index contributed by atoms with van der Waals surface area (Å²) in [5.74, 6) is 1.43. The minimum atomic E-state index is 0.298. The Bertz CT molecular complexity index is 270. The summed E-state index contributed by atoms with van der Waals surface area (Å²) in [5.41, 5.74) is 0.298. The van der Waals surface area contributed by atoms with Gasteiger partial charge in [-0.25, -0.2) is 0 Å². The van der Waals surface area contributed by atoms with Crippen LogP contribution < -0.4 is 5.32 Å². The standard InChI is InChI=1S/C18H38N2O/c1-15(2)10-19-12-18(8-7-9-21-14-18)13-20(17(5)6)11-16(3)4/h15-17,19H,7-14H2,1-6H3. The first kappa shape index (κ1) is 18.9. The largest absolute Gasteiger partial charge is 0.381 e. The van der Waals surface area contributed by atoms with Crippen LogP contribution in [0.3, 0.4) is 0 Å². The van der Waals surface area contributed by atoms with E-state index in [4.69, 9.17) is 4.74 Å². The first-order chi connectivity index (χ1) is 9.84. The molecule has 0 aromatic rings. The van der Waals surface area contributed by atoms with Crippen molar-refractivity contribution in [2.24, 2.45) is 17.3 Å². The van der Waals surface area contributed by atoms with Crippen LogP contribution in [0, 0.1) is 17.3 Å². The number of nitrogens with one attached hydrogen (secondary N) is 1. The second-order valence-electron chi connectivity index (χ2n) is 8.10. The average Bonchev–Trinajstić information content (AvgIpc) is 2.38. The van der Waals surface area contributed by atoms with Gasteiger partial charge < -0.3 is 10.1 Å². The normalized spacial score (nSPS) is 23.7. The molecule has 0 saturated carbocycles. The molecule has 0 bridgehead atoms. The highest BCUT2D eigenvalue weighted by Gasteiger charge is 2.35. The topological polar surface area (TPSA) is 24.5 Å². The fraction of sp³-hybridized carbons (Fsp3) is 1.00. The van der Waals surface area contributed by atoms with Crippen LogP contribution >= 0.6 is 0 Å². The molecule has 126 valence electrons. The van der Waals surface area contributed by atoms with Crippen LogP contribution in [0.4, 0.5) is 0 Å². The van der Waals surface area contributed by atoms with E-state index in [1.165, 1.54) is 19.4 Å². The summed E-state index contributed by atoms with van der Waals surface area (Å²) >= 11 is 0. The van der Waals surface area contributed by atoms with Crippen molar-refractivity contribution in [1.82, 2.24) is 10.2 Å². The predicted molar refractivity (Wildman–Crippen MR) is 91.7 cm³/mol. The summed E-state index contributed by atoms with van der Waals surface area (Å²) in [6.45, 7) is 20.2. The summed E-state index contributed by atoms with van der Waals surface area (Å²) in [6, 6.07) is 0.608. The van der Waals surface area contributed by atoms with Crippen LogP contribution in [-0.2, 0) is 4.74 Å². The summed E-state index contributed by atoms with van der Waals surface area (Å²) in [6.07, 6.45) is 2.50. The van der Waals surface area contributed by atoms with E-state index in [2.05, 4.69) is 51.8 Å². The molecule has 0 radical (unpaired) electrons. The van der Waals surface area contributed by atoms with E-state index in [9.17, 15) is 0 Å². The van der Waals surface area contributed by atoms with Crippen molar-refractivity contribution in [3.8, 4) is 0 Å². The van der Waals surface area contributed by atoms with E-state index < -0.39 is 0 Å². The molecule has 1 fully saturated rings. The zero-order valence-electron chi connectivity index (χ0n) is 15.2. The Balaban J connectivity index is 2.65.